The first kappa shape index (κ1) is 24.8. The number of aliphatic hydroxyl groups is 1. The molecule has 1 amide bonds. The number of nitrogens with one attached hydrogen (secondary N) is 1. The van der Waals surface area contributed by atoms with E-state index in [1.807, 2.05) is 0 Å². The summed E-state index contributed by atoms with van der Waals surface area (Å²) in [4.78, 5) is 13.8. The minimum atomic E-state index is -4.73. The maximum atomic E-state index is 13.3. The maximum absolute atomic E-state index is 13.3. The molecular weight excluding hydrogens is 508 g/mol. The number of nitrogens with two attached hydrogens (primary N) is 1. The van der Waals surface area contributed by atoms with Crippen LogP contribution in [0.1, 0.15) is 27.2 Å². The van der Waals surface area contributed by atoms with Crippen molar-refractivity contribution in [3.63, 3.8) is 0 Å². The smallest absolute Gasteiger partial charge is 0.365 e. The summed E-state index contributed by atoms with van der Waals surface area (Å²) in [5, 5.41) is 27.3. The summed E-state index contributed by atoms with van der Waals surface area (Å²) in [6.07, 6.45) is -6.13. The Morgan fingerprint density at radius 2 is 1.94 bits per heavy atom. The molecule has 182 valence electrons. The highest BCUT2D eigenvalue weighted by Gasteiger charge is 2.34. The van der Waals surface area contributed by atoms with Crippen LogP contribution in [0.15, 0.2) is 36.4 Å². The van der Waals surface area contributed by atoms with Crippen LogP contribution in [0.25, 0.3) is 11.3 Å². The van der Waals surface area contributed by atoms with Crippen molar-refractivity contribution in [2.45, 2.75) is 25.6 Å². The number of nitriles is 1. The van der Waals surface area contributed by atoms with Crippen molar-refractivity contribution in [3.05, 3.63) is 68.8 Å². The minimum absolute atomic E-state index is 0.0309. The molecule has 35 heavy (non-hydrogen) atoms. The molecule has 0 aliphatic carbocycles. The zero-order valence-corrected chi connectivity index (χ0v) is 19.3. The first-order valence-electron chi connectivity index (χ1n) is 10.1. The Labute approximate surface area is 207 Å². The molecule has 2 heterocycles. The number of hydrogen-bond donors (Lipinski definition) is 3. The van der Waals surface area contributed by atoms with Gasteiger partial charge in [-0.1, -0.05) is 29.3 Å². The summed E-state index contributed by atoms with van der Waals surface area (Å²) in [7, 11) is 0. The van der Waals surface area contributed by atoms with Gasteiger partial charge in [-0.2, -0.15) is 23.5 Å². The molecule has 2 aromatic carbocycles. The van der Waals surface area contributed by atoms with Gasteiger partial charge in [0.1, 0.15) is 5.69 Å². The number of primary amides is 1. The molecule has 0 saturated heterocycles. The topological polar surface area (TPSA) is 120 Å². The average molecular weight is 525 g/mol. The summed E-state index contributed by atoms with van der Waals surface area (Å²) < 4.78 is 41.4. The van der Waals surface area contributed by atoms with E-state index in [9.17, 15) is 23.1 Å². The number of amides is 1. The van der Waals surface area contributed by atoms with E-state index in [2.05, 4.69) is 10.4 Å². The molecule has 0 saturated carbocycles. The molecule has 4 N–H and O–H groups in total. The lowest BCUT2D eigenvalue weighted by atomic mass is 10.0. The number of benzene rings is 2. The van der Waals surface area contributed by atoms with Crippen LogP contribution in [0, 0.1) is 11.3 Å². The average Bonchev–Trinajstić information content (AvgIpc) is 3.19. The van der Waals surface area contributed by atoms with Crippen molar-refractivity contribution in [1.82, 2.24) is 14.7 Å². The third-order valence-electron chi connectivity index (χ3n) is 5.54. The van der Waals surface area contributed by atoms with Crippen molar-refractivity contribution < 1.29 is 23.1 Å². The molecule has 1 atom stereocenters. The molecule has 0 radical (unpaired) electrons. The van der Waals surface area contributed by atoms with Crippen LogP contribution in [0.3, 0.4) is 0 Å². The second kappa shape index (κ2) is 9.39. The van der Waals surface area contributed by atoms with E-state index < -0.39 is 29.6 Å². The Bertz CT molecular complexity index is 1350. The Hall–Kier alpha value is -3.30. The maximum Gasteiger partial charge on any atom is 0.417 e. The molecule has 0 spiro atoms. The van der Waals surface area contributed by atoms with Gasteiger partial charge < -0.3 is 16.2 Å². The number of carbonyl (C=O) groups excluding carboxylic acids is 1. The van der Waals surface area contributed by atoms with E-state index in [1.165, 1.54) is 17.0 Å². The van der Waals surface area contributed by atoms with Crippen molar-refractivity contribution >= 4 is 34.8 Å². The minimum Gasteiger partial charge on any atom is -0.365 e. The summed E-state index contributed by atoms with van der Waals surface area (Å²) in [5.41, 5.74) is 5.36. The van der Waals surface area contributed by atoms with Crippen LogP contribution in [-0.2, 0) is 19.3 Å². The monoisotopic (exact) mass is 524 g/mol. The van der Waals surface area contributed by atoms with Gasteiger partial charge in [-0.15, -0.1) is 0 Å². The number of hydrogen-bond acceptors (Lipinski definition) is 6. The van der Waals surface area contributed by atoms with Crippen LogP contribution < -0.4 is 11.1 Å². The number of fused-ring (bicyclic) bond motifs is 1. The number of anilines is 1. The van der Waals surface area contributed by atoms with E-state index in [1.54, 1.807) is 22.9 Å². The van der Waals surface area contributed by atoms with Crippen LogP contribution in [0.2, 0.25) is 10.0 Å². The fourth-order valence-electron chi connectivity index (χ4n) is 3.86. The number of rotatable bonds is 5. The molecule has 1 unspecified atom stereocenters. The molecule has 0 fully saturated rings. The summed E-state index contributed by atoms with van der Waals surface area (Å²) in [6, 6.07) is 9.32. The highest BCUT2D eigenvalue weighted by Crippen LogP contribution is 2.35. The van der Waals surface area contributed by atoms with Gasteiger partial charge in [0.15, 0.2) is 6.35 Å². The number of halogens is 5. The molecule has 1 aliphatic rings. The van der Waals surface area contributed by atoms with Gasteiger partial charge in [0.2, 0.25) is 0 Å². The van der Waals surface area contributed by atoms with Crippen molar-refractivity contribution in [2.75, 3.05) is 11.9 Å². The molecular formula is C22H17Cl2F3N6O2. The SMILES string of the molecule is N#Cc1ccc(NC(O)N2CCn3nc(-c4ccc(Cl)c(Cl)c4)c(C(N)=O)c3C2)cc1C(F)(F)F. The van der Waals surface area contributed by atoms with Gasteiger partial charge in [-0.05, 0) is 30.3 Å². The van der Waals surface area contributed by atoms with Gasteiger partial charge in [0.05, 0.1) is 45.0 Å². The van der Waals surface area contributed by atoms with Crippen molar-refractivity contribution in [1.29, 1.82) is 5.26 Å². The number of carbonyl (C=O) groups is 1. The van der Waals surface area contributed by atoms with Crippen molar-refractivity contribution in [3.8, 4) is 17.3 Å². The van der Waals surface area contributed by atoms with Gasteiger partial charge in [0, 0.05) is 24.3 Å². The lowest BCUT2D eigenvalue weighted by Crippen LogP contribution is -2.45. The summed E-state index contributed by atoms with van der Waals surface area (Å²) in [6.45, 7) is 0.574. The molecule has 4 rings (SSSR count). The first-order chi connectivity index (χ1) is 16.5. The normalized spacial score (nSPS) is 14.8. The molecule has 8 nitrogen and oxygen atoms in total. The van der Waals surface area contributed by atoms with Crippen LogP contribution in [0.5, 0.6) is 0 Å². The van der Waals surface area contributed by atoms with Gasteiger partial charge in [0.25, 0.3) is 5.91 Å². The third-order valence-corrected chi connectivity index (χ3v) is 6.28. The Kier molecular flexibility index (Phi) is 6.66. The molecule has 1 aromatic heterocycles. The highest BCUT2D eigenvalue weighted by molar-refractivity contribution is 6.42. The number of alkyl halides is 3. The predicted octanol–water partition coefficient (Wildman–Crippen LogP) is 4.05. The van der Waals surface area contributed by atoms with Gasteiger partial charge >= 0.3 is 6.18 Å². The standard InChI is InChI=1S/C22H17Cl2F3N6O2/c23-15-4-2-11(7-16(15)24)19-18(20(29)34)17-10-32(5-6-33(17)31-19)21(35)30-13-3-1-12(9-28)14(8-13)22(25,26)27/h1-4,7-8,21,30,35H,5-6,10H2,(H2,29,34). The quantitative estimate of drug-likeness (QED) is 0.433. The van der Waals surface area contributed by atoms with Crippen molar-refractivity contribution in [2.24, 2.45) is 5.73 Å². The number of nitrogens with zero attached hydrogens (tertiary/aromatic N) is 4. The third kappa shape index (κ3) is 4.92. The largest absolute Gasteiger partial charge is 0.417 e. The van der Waals surface area contributed by atoms with E-state index in [-0.39, 0.29) is 35.9 Å². The van der Waals surface area contributed by atoms with Crippen LogP contribution >= 0.6 is 23.2 Å². The molecule has 13 heteroatoms. The van der Waals surface area contributed by atoms with E-state index >= 15 is 0 Å². The Balaban J connectivity index is 1.61. The lowest BCUT2D eigenvalue weighted by Gasteiger charge is -2.32. The summed E-state index contributed by atoms with van der Waals surface area (Å²) >= 11 is 12.1. The summed E-state index contributed by atoms with van der Waals surface area (Å²) in [5.74, 6) is -0.737. The van der Waals surface area contributed by atoms with Crippen LogP contribution in [0.4, 0.5) is 18.9 Å². The van der Waals surface area contributed by atoms with Gasteiger partial charge in [-0.25, -0.2) is 0 Å². The fraction of sp³-hybridized carbons (Fsp3) is 0.227. The second-order valence-corrected chi connectivity index (χ2v) is 8.56. The molecule has 1 aliphatic heterocycles. The second-order valence-electron chi connectivity index (χ2n) is 7.74. The van der Waals surface area contributed by atoms with E-state index in [4.69, 9.17) is 34.2 Å². The fourth-order valence-corrected chi connectivity index (χ4v) is 4.15. The highest BCUT2D eigenvalue weighted by atomic mass is 35.5. The lowest BCUT2D eigenvalue weighted by molar-refractivity contribution is -0.137. The number of aliphatic hydroxyl groups excluding tert-OH is 1. The number of aromatic nitrogens is 2. The van der Waals surface area contributed by atoms with E-state index in [0.29, 0.717) is 22.0 Å². The first-order valence-corrected chi connectivity index (χ1v) is 10.9. The van der Waals surface area contributed by atoms with Crippen LogP contribution in [-0.4, -0.2) is 38.6 Å². The Morgan fingerprint density at radius 1 is 1.20 bits per heavy atom. The zero-order chi connectivity index (χ0) is 25.5. The zero-order valence-electron chi connectivity index (χ0n) is 17.8. The Morgan fingerprint density at radius 3 is 2.57 bits per heavy atom. The van der Waals surface area contributed by atoms with E-state index in [0.717, 1.165) is 12.1 Å². The van der Waals surface area contributed by atoms with Gasteiger partial charge in [-0.3, -0.25) is 14.4 Å². The predicted molar refractivity (Wildman–Crippen MR) is 122 cm³/mol. The molecule has 3 aromatic rings. The molecule has 0 bridgehead atoms.